The highest BCUT2D eigenvalue weighted by Crippen LogP contribution is 2.19. The number of hydrogen-bond donors (Lipinski definition) is 1. The second kappa shape index (κ2) is 6.07. The van der Waals surface area contributed by atoms with Gasteiger partial charge in [-0.2, -0.15) is 15.1 Å². The van der Waals surface area contributed by atoms with Crippen LogP contribution in [0.1, 0.15) is 17.4 Å². The first-order chi connectivity index (χ1) is 10.1. The molecule has 112 valence electrons. The Kier molecular flexibility index (Phi) is 4.21. The van der Waals surface area contributed by atoms with Gasteiger partial charge in [-0.1, -0.05) is 0 Å². The number of rotatable bonds is 5. The molecule has 2 N–H and O–H groups in total. The van der Waals surface area contributed by atoms with E-state index in [1.165, 1.54) is 31.2 Å². The molecule has 0 spiro atoms. The molecule has 0 unspecified atom stereocenters. The Hall–Kier alpha value is -2.84. The van der Waals surface area contributed by atoms with Gasteiger partial charge in [0, 0.05) is 0 Å². The van der Waals surface area contributed by atoms with Gasteiger partial charge in [0.1, 0.15) is 0 Å². The molecule has 0 amide bonds. The zero-order valence-electron chi connectivity index (χ0n) is 11.9. The Morgan fingerprint density at radius 3 is 2.43 bits per heavy atom. The first kappa shape index (κ1) is 14.6. The van der Waals surface area contributed by atoms with Crippen molar-refractivity contribution in [2.24, 2.45) is 0 Å². The first-order valence-electron chi connectivity index (χ1n) is 6.08. The summed E-state index contributed by atoms with van der Waals surface area (Å²) in [5.74, 6) is 0.143. The van der Waals surface area contributed by atoms with E-state index < -0.39 is 5.97 Å². The number of nitrogens with zero attached hydrogens (tertiary/aromatic N) is 4. The quantitative estimate of drug-likeness (QED) is 0.790. The minimum Gasteiger partial charge on any atom is -0.481 e. The number of ether oxygens (including phenoxy) is 3. The van der Waals surface area contributed by atoms with Gasteiger partial charge in [0.2, 0.25) is 11.8 Å². The fourth-order valence-electron chi connectivity index (χ4n) is 1.55. The zero-order valence-corrected chi connectivity index (χ0v) is 11.9. The van der Waals surface area contributed by atoms with Crippen LogP contribution in [-0.4, -0.2) is 46.5 Å². The van der Waals surface area contributed by atoms with Gasteiger partial charge >= 0.3 is 5.97 Å². The van der Waals surface area contributed by atoms with Gasteiger partial charge in [-0.25, -0.2) is 9.48 Å². The standard InChI is InChI=1S/C12H15N5O4/c1-4-21-11(18)10-7(13)6-17(16-10)12-14-8(19-2)5-9(15-12)20-3/h5-6H,4,13H2,1-3H3. The molecular formula is C12H15N5O4. The predicted molar refractivity (Wildman–Crippen MR) is 72.6 cm³/mol. The van der Waals surface area contributed by atoms with Crippen molar-refractivity contribution < 1.29 is 19.0 Å². The molecule has 0 aliphatic rings. The average Bonchev–Trinajstić information content (AvgIpc) is 2.89. The maximum atomic E-state index is 11.7. The molecule has 0 saturated heterocycles. The molecule has 9 nitrogen and oxygen atoms in total. The predicted octanol–water partition coefficient (Wildman–Crippen LogP) is 0.438. The zero-order chi connectivity index (χ0) is 15.4. The SMILES string of the molecule is CCOC(=O)c1nn(-c2nc(OC)cc(OC)n2)cc1N. The molecule has 2 aromatic rings. The molecule has 2 heterocycles. The maximum absolute atomic E-state index is 11.7. The minimum absolute atomic E-state index is 0.00207. The molecular weight excluding hydrogens is 278 g/mol. The second-order valence-electron chi connectivity index (χ2n) is 3.85. The van der Waals surface area contributed by atoms with E-state index >= 15 is 0 Å². The highest BCUT2D eigenvalue weighted by molar-refractivity contribution is 5.92. The number of methoxy groups -OCH3 is 2. The molecule has 2 rings (SSSR count). The van der Waals surface area contributed by atoms with Gasteiger partial charge in [-0.15, -0.1) is 0 Å². The van der Waals surface area contributed by atoms with Crippen LogP contribution in [0.15, 0.2) is 12.3 Å². The summed E-state index contributed by atoms with van der Waals surface area (Å²) in [5.41, 5.74) is 5.92. The largest absolute Gasteiger partial charge is 0.481 e. The first-order valence-corrected chi connectivity index (χ1v) is 6.08. The Morgan fingerprint density at radius 2 is 1.90 bits per heavy atom. The van der Waals surface area contributed by atoms with E-state index in [0.717, 1.165) is 0 Å². The number of nitrogens with two attached hydrogens (primary N) is 1. The van der Waals surface area contributed by atoms with Crippen LogP contribution in [0.2, 0.25) is 0 Å². The van der Waals surface area contributed by atoms with Gasteiger partial charge < -0.3 is 19.9 Å². The lowest BCUT2D eigenvalue weighted by atomic mass is 10.4. The number of carbonyl (C=O) groups is 1. The maximum Gasteiger partial charge on any atom is 0.361 e. The van der Waals surface area contributed by atoms with Crippen LogP contribution < -0.4 is 15.2 Å². The summed E-state index contributed by atoms with van der Waals surface area (Å²) in [7, 11) is 2.93. The van der Waals surface area contributed by atoms with Gasteiger partial charge in [0.15, 0.2) is 5.69 Å². The van der Waals surface area contributed by atoms with Gasteiger partial charge in [0.25, 0.3) is 5.95 Å². The Morgan fingerprint density at radius 1 is 1.29 bits per heavy atom. The smallest absolute Gasteiger partial charge is 0.361 e. The van der Waals surface area contributed by atoms with E-state index in [-0.39, 0.29) is 23.9 Å². The number of nitrogen functional groups attached to an aromatic ring is 1. The lowest BCUT2D eigenvalue weighted by molar-refractivity contribution is 0.0520. The molecule has 0 aliphatic carbocycles. The fraction of sp³-hybridized carbons (Fsp3) is 0.333. The van der Waals surface area contributed by atoms with Crippen molar-refractivity contribution in [3.8, 4) is 17.7 Å². The van der Waals surface area contributed by atoms with E-state index in [9.17, 15) is 4.79 Å². The fourth-order valence-corrected chi connectivity index (χ4v) is 1.55. The van der Waals surface area contributed by atoms with E-state index in [4.69, 9.17) is 19.9 Å². The van der Waals surface area contributed by atoms with E-state index in [0.29, 0.717) is 11.8 Å². The number of esters is 1. The van der Waals surface area contributed by atoms with Gasteiger partial charge in [0.05, 0.1) is 38.8 Å². The lowest BCUT2D eigenvalue weighted by Gasteiger charge is -2.05. The molecule has 0 radical (unpaired) electrons. The third kappa shape index (κ3) is 3.02. The van der Waals surface area contributed by atoms with Crippen molar-refractivity contribution in [3.63, 3.8) is 0 Å². The highest BCUT2D eigenvalue weighted by atomic mass is 16.5. The van der Waals surface area contributed by atoms with Crippen LogP contribution >= 0.6 is 0 Å². The molecule has 0 aliphatic heterocycles. The summed E-state index contributed by atoms with van der Waals surface area (Å²) in [5, 5.41) is 4.03. The normalized spacial score (nSPS) is 10.2. The molecule has 0 bridgehead atoms. The molecule has 0 aromatic carbocycles. The topological polar surface area (TPSA) is 114 Å². The Bertz CT molecular complexity index is 633. The highest BCUT2D eigenvalue weighted by Gasteiger charge is 2.18. The Labute approximate surface area is 120 Å². The summed E-state index contributed by atoms with van der Waals surface area (Å²) in [4.78, 5) is 19.9. The van der Waals surface area contributed by atoms with E-state index in [1.54, 1.807) is 6.92 Å². The van der Waals surface area contributed by atoms with E-state index in [2.05, 4.69) is 15.1 Å². The summed E-state index contributed by atoms with van der Waals surface area (Å²) < 4.78 is 16.2. The van der Waals surface area contributed by atoms with Crippen LogP contribution in [0.5, 0.6) is 11.8 Å². The van der Waals surface area contributed by atoms with Crippen molar-refractivity contribution >= 4 is 11.7 Å². The van der Waals surface area contributed by atoms with Crippen LogP contribution in [0, 0.1) is 0 Å². The Balaban J connectivity index is 2.43. The summed E-state index contributed by atoms with van der Waals surface area (Å²) in [6, 6.07) is 1.52. The second-order valence-corrected chi connectivity index (χ2v) is 3.85. The molecule has 9 heteroatoms. The number of aromatic nitrogens is 4. The molecule has 2 aromatic heterocycles. The van der Waals surface area contributed by atoms with Crippen molar-refractivity contribution in [1.29, 1.82) is 0 Å². The van der Waals surface area contributed by atoms with Gasteiger partial charge in [-0.3, -0.25) is 0 Å². The van der Waals surface area contributed by atoms with E-state index in [1.807, 2.05) is 0 Å². The minimum atomic E-state index is -0.608. The third-order valence-electron chi connectivity index (χ3n) is 2.50. The molecule has 0 fully saturated rings. The molecule has 21 heavy (non-hydrogen) atoms. The van der Waals surface area contributed by atoms with Crippen molar-refractivity contribution in [2.75, 3.05) is 26.6 Å². The summed E-state index contributed by atoms with van der Waals surface area (Å²) in [6.07, 6.45) is 1.42. The van der Waals surface area contributed by atoms with Crippen molar-refractivity contribution in [3.05, 3.63) is 18.0 Å². The van der Waals surface area contributed by atoms with Crippen molar-refractivity contribution in [2.45, 2.75) is 6.92 Å². The summed E-state index contributed by atoms with van der Waals surface area (Å²) in [6.45, 7) is 1.93. The van der Waals surface area contributed by atoms with Crippen LogP contribution in [0.4, 0.5) is 5.69 Å². The van der Waals surface area contributed by atoms with Crippen LogP contribution in [-0.2, 0) is 4.74 Å². The molecule has 0 atom stereocenters. The third-order valence-corrected chi connectivity index (χ3v) is 2.50. The van der Waals surface area contributed by atoms with Gasteiger partial charge in [-0.05, 0) is 6.92 Å². The van der Waals surface area contributed by atoms with Crippen molar-refractivity contribution in [1.82, 2.24) is 19.7 Å². The van der Waals surface area contributed by atoms with Crippen LogP contribution in [0.3, 0.4) is 0 Å². The molecule has 0 saturated carbocycles. The number of hydrogen-bond acceptors (Lipinski definition) is 8. The summed E-state index contributed by atoms with van der Waals surface area (Å²) >= 11 is 0. The number of anilines is 1. The van der Waals surface area contributed by atoms with Crippen LogP contribution in [0.25, 0.3) is 5.95 Å². The number of carbonyl (C=O) groups excluding carboxylic acids is 1. The lowest BCUT2D eigenvalue weighted by Crippen LogP contribution is -2.09. The average molecular weight is 293 g/mol. The monoisotopic (exact) mass is 293 g/mol.